The molecule has 0 atom stereocenters. The van der Waals surface area contributed by atoms with Crippen LogP contribution in [0.4, 0.5) is 26.3 Å². The van der Waals surface area contributed by atoms with Crippen molar-refractivity contribution in [2.24, 2.45) is 0 Å². The molecule has 0 fully saturated rings. The lowest BCUT2D eigenvalue weighted by Gasteiger charge is -2.11. The molecule has 0 heterocycles. The molecule has 4 rings (SSSR count). The molecule has 0 aliphatic rings. The minimum atomic E-state index is -1.26. The van der Waals surface area contributed by atoms with Crippen molar-refractivity contribution in [1.29, 1.82) is 0 Å². The lowest BCUT2D eigenvalue weighted by atomic mass is 9.96. The Balaban J connectivity index is 2.35. The van der Waals surface area contributed by atoms with Gasteiger partial charge in [-0.1, -0.05) is 0 Å². The molecule has 0 spiro atoms. The second-order valence-corrected chi connectivity index (χ2v) is 5.44. The van der Waals surface area contributed by atoms with Crippen molar-refractivity contribution in [3.63, 3.8) is 0 Å². The molecule has 0 amide bonds. The standard InChI is InChI=1S/C18H6F6/c19-9-1-7-3-11-15-8(2-10(20)5-13(15)22)4-12(21)17(11)18(24)16(7)14(23)6-9/h1-6H. The topological polar surface area (TPSA) is 0 Å². The number of rotatable bonds is 0. The third kappa shape index (κ3) is 1.95. The zero-order valence-electron chi connectivity index (χ0n) is 11.7. The summed E-state index contributed by atoms with van der Waals surface area (Å²) in [6, 6.07) is 4.68. The van der Waals surface area contributed by atoms with Gasteiger partial charge in [0.1, 0.15) is 34.9 Å². The predicted molar refractivity (Wildman–Crippen MR) is 78.7 cm³/mol. The fraction of sp³-hybridized carbons (Fsp3) is 0. The normalized spacial score (nSPS) is 11.8. The Morgan fingerprint density at radius 3 is 1.58 bits per heavy atom. The molecule has 0 N–H and O–H groups in total. The molecule has 24 heavy (non-hydrogen) atoms. The number of halogens is 6. The van der Waals surface area contributed by atoms with Gasteiger partial charge in [0, 0.05) is 17.5 Å². The molecule has 0 nitrogen and oxygen atoms in total. The summed E-state index contributed by atoms with van der Waals surface area (Å²) in [5.41, 5.74) is 0. The van der Waals surface area contributed by atoms with Crippen molar-refractivity contribution >= 4 is 32.3 Å². The Morgan fingerprint density at radius 2 is 0.958 bits per heavy atom. The maximum atomic E-state index is 14.7. The maximum absolute atomic E-state index is 14.7. The van der Waals surface area contributed by atoms with Crippen LogP contribution in [-0.4, -0.2) is 0 Å². The fourth-order valence-electron chi connectivity index (χ4n) is 3.04. The molecule has 4 aromatic rings. The third-order valence-corrected chi connectivity index (χ3v) is 3.97. The number of benzene rings is 4. The van der Waals surface area contributed by atoms with Crippen LogP contribution in [0.15, 0.2) is 36.4 Å². The Bertz CT molecular complexity index is 1160. The van der Waals surface area contributed by atoms with Crippen LogP contribution in [0.25, 0.3) is 32.3 Å². The highest BCUT2D eigenvalue weighted by molar-refractivity contribution is 6.13. The maximum Gasteiger partial charge on any atom is 0.144 e. The minimum Gasteiger partial charge on any atom is -0.207 e. The van der Waals surface area contributed by atoms with E-state index in [1.54, 1.807) is 0 Å². The summed E-state index contributed by atoms with van der Waals surface area (Å²) in [7, 11) is 0. The van der Waals surface area contributed by atoms with Crippen LogP contribution in [0.3, 0.4) is 0 Å². The van der Waals surface area contributed by atoms with Crippen LogP contribution in [-0.2, 0) is 0 Å². The Hall–Kier alpha value is -2.76. The summed E-state index contributed by atoms with van der Waals surface area (Å²) in [5, 5.41) is -1.98. The molecule has 0 bridgehead atoms. The van der Waals surface area contributed by atoms with Crippen molar-refractivity contribution in [3.05, 3.63) is 71.3 Å². The largest absolute Gasteiger partial charge is 0.207 e. The lowest BCUT2D eigenvalue weighted by Crippen LogP contribution is -1.95. The van der Waals surface area contributed by atoms with Crippen LogP contribution in [0.5, 0.6) is 0 Å². The van der Waals surface area contributed by atoms with Gasteiger partial charge in [-0.25, -0.2) is 26.3 Å². The van der Waals surface area contributed by atoms with E-state index in [1.807, 2.05) is 0 Å². The van der Waals surface area contributed by atoms with Gasteiger partial charge in [-0.15, -0.1) is 0 Å². The van der Waals surface area contributed by atoms with Crippen LogP contribution in [0.2, 0.25) is 0 Å². The molecule has 0 unspecified atom stereocenters. The first-order valence-electron chi connectivity index (χ1n) is 6.85. The zero-order chi connectivity index (χ0) is 17.2. The fourth-order valence-corrected chi connectivity index (χ4v) is 3.04. The molecule has 0 aromatic heterocycles. The quantitative estimate of drug-likeness (QED) is 0.210. The number of hydrogen-bond acceptors (Lipinski definition) is 0. The highest BCUT2D eigenvalue weighted by Crippen LogP contribution is 2.36. The van der Waals surface area contributed by atoms with Crippen molar-refractivity contribution < 1.29 is 26.3 Å². The zero-order valence-corrected chi connectivity index (χ0v) is 11.7. The van der Waals surface area contributed by atoms with E-state index in [9.17, 15) is 26.3 Å². The molecule has 0 aliphatic carbocycles. The van der Waals surface area contributed by atoms with Gasteiger partial charge >= 0.3 is 0 Å². The van der Waals surface area contributed by atoms with Gasteiger partial charge in [-0.05, 0) is 40.4 Å². The SMILES string of the molecule is Fc1cc(F)c2c(F)c3c(F)cc4cc(F)cc(F)c4c3cc2c1. The van der Waals surface area contributed by atoms with Crippen molar-refractivity contribution in [2.75, 3.05) is 0 Å². The second-order valence-electron chi connectivity index (χ2n) is 5.44. The lowest BCUT2D eigenvalue weighted by molar-refractivity contribution is 0.581. The van der Waals surface area contributed by atoms with Crippen LogP contribution >= 0.6 is 0 Å². The van der Waals surface area contributed by atoms with E-state index in [0.717, 1.165) is 24.3 Å². The smallest absolute Gasteiger partial charge is 0.144 e. The summed E-state index contributed by atoms with van der Waals surface area (Å²) in [4.78, 5) is 0. The first-order valence-corrected chi connectivity index (χ1v) is 6.85. The number of hydrogen-bond donors (Lipinski definition) is 0. The molecule has 0 aliphatic heterocycles. The van der Waals surface area contributed by atoms with E-state index in [1.165, 1.54) is 0 Å². The Labute approximate surface area is 130 Å². The Morgan fingerprint density at radius 1 is 0.458 bits per heavy atom. The minimum absolute atomic E-state index is 0.117. The van der Waals surface area contributed by atoms with E-state index < -0.39 is 45.7 Å². The molecule has 0 saturated heterocycles. The summed E-state index contributed by atoms with van der Waals surface area (Å²) in [5.74, 6) is -6.44. The average Bonchev–Trinajstić information content (AvgIpc) is 2.44. The van der Waals surface area contributed by atoms with Gasteiger partial charge in [0.25, 0.3) is 0 Å². The van der Waals surface area contributed by atoms with Crippen LogP contribution in [0.1, 0.15) is 0 Å². The number of fused-ring (bicyclic) bond motifs is 4. The first-order chi connectivity index (χ1) is 11.4. The average molecular weight is 336 g/mol. The molecule has 0 saturated carbocycles. The third-order valence-electron chi connectivity index (χ3n) is 3.97. The summed E-state index contributed by atoms with van der Waals surface area (Å²) < 4.78 is 83.7. The first kappa shape index (κ1) is 14.8. The summed E-state index contributed by atoms with van der Waals surface area (Å²) in [6.07, 6.45) is 0. The molecule has 6 heteroatoms. The van der Waals surface area contributed by atoms with Crippen LogP contribution < -0.4 is 0 Å². The monoisotopic (exact) mass is 336 g/mol. The van der Waals surface area contributed by atoms with Crippen molar-refractivity contribution in [1.82, 2.24) is 0 Å². The highest BCUT2D eigenvalue weighted by Gasteiger charge is 2.19. The molecule has 0 radical (unpaired) electrons. The van der Waals surface area contributed by atoms with Gasteiger partial charge in [0.2, 0.25) is 0 Å². The van der Waals surface area contributed by atoms with Gasteiger partial charge in [-0.2, -0.15) is 0 Å². The van der Waals surface area contributed by atoms with Crippen molar-refractivity contribution in [3.8, 4) is 0 Å². The molecular formula is C18H6F6. The molecule has 4 aromatic carbocycles. The molecule has 120 valence electrons. The van der Waals surface area contributed by atoms with Crippen LogP contribution in [0, 0.1) is 34.9 Å². The predicted octanol–water partition coefficient (Wildman–Crippen LogP) is 5.98. The van der Waals surface area contributed by atoms with Crippen molar-refractivity contribution in [2.45, 2.75) is 0 Å². The summed E-state index contributed by atoms with van der Waals surface area (Å²) >= 11 is 0. The second kappa shape index (κ2) is 4.87. The van der Waals surface area contributed by atoms with Gasteiger partial charge in [0.05, 0.1) is 10.8 Å². The van der Waals surface area contributed by atoms with E-state index in [0.29, 0.717) is 12.1 Å². The van der Waals surface area contributed by atoms with Gasteiger partial charge in [0.15, 0.2) is 0 Å². The summed E-state index contributed by atoms with van der Waals surface area (Å²) in [6.45, 7) is 0. The Kier molecular flexibility index (Phi) is 3.00. The van der Waals surface area contributed by atoms with E-state index in [4.69, 9.17) is 0 Å². The van der Waals surface area contributed by atoms with Gasteiger partial charge in [-0.3, -0.25) is 0 Å². The van der Waals surface area contributed by atoms with E-state index >= 15 is 0 Å². The van der Waals surface area contributed by atoms with E-state index in [2.05, 4.69) is 0 Å². The van der Waals surface area contributed by atoms with E-state index in [-0.39, 0.29) is 21.5 Å². The highest BCUT2D eigenvalue weighted by atomic mass is 19.2. The van der Waals surface area contributed by atoms with Gasteiger partial charge < -0.3 is 0 Å². The molecular weight excluding hydrogens is 330 g/mol.